The fraction of sp³-hybridized carbons (Fsp3) is 0.231. The summed E-state index contributed by atoms with van der Waals surface area (Å²) in [5.41, 5.74) is 1.69. The highest BCUT2D eigenvalue weighted by molar-refractivity contribution is 5.68. The Labute approximate surface area is 200 Å². The predicted octanol–water partition coefficient (Wildman–Crippen LogP) is 5.82. The zero-order chi connectivity index (χ0) is 25.3. The second kappa shape index (κ2) is 12.1. The van der Waals surface area contributed by atoms with Crippen LogP contribution in [0, 0.1) is 5.82 Å². The normalized spacial score (nSPS) is 11.7. The number of alkyl halides is 3. The average molecular weight is 488 g/mol. The van der Waals surface area contributed by atoms with E-state index in [-0.39, 0.29) is 24.2 Å². The van der Waals surface area contributed by atoms with Crippen LogP contribution in [0.1, 0.15) is 28.7 Å². The molecule has 0 atom stereocenters. The number of rotatable bonds is 11. The van der Waals surface area contributed by atoms with Crippen molar-refractivity contribution in [3.63, 3.8) is 0 Å². The van der Waals surface area contributed by atoms with Crippen molar-refractivity contribution < 1.29 is 32.3 Å². The number of carboxylic acids is 1. The van der Waals surface area contributed by atoms with E-state index in [2.05, 4.69) is 10.5 Å². The smallest absolute Gasteiger partial charge is 0.417 e. The minimum absolute atomic E-state index is 0.0368. The zero-order valence-corrected chi connectivity index (χ0v) is 18.7. The molecule has 0 spiro atoms. The Bertz CT molecular complexity index is 1140. The van der Waals surface area contributed by atoms with Crippen molar-refractivity contribution in [1.82, 2.24) is 5.32 Å². The molecule has 0 radical (unpaired) electrons. The van der Waals surface area contributed by atoms with E-state index < -0.39 is 23.5 Å². The van der Waals surface area contributed by atoms with Gasteiger partial charge in [0.15, 0.2) is 0 Å². The molecule has 0 saturated carbocycles. The van der Waals surface area contributed by atoms with Crippen LogP contribution in [-0.2, 0) is 35.4 Å². The van der Waals surface area contributed by atoms with Crippen LogP contribution in [0.3, 0.4) is 0 Å². The van der Waals surface area contributed by atoms with Gasteiger partial charge in [0.05, 0.1) is 12.0 Å². The second-order valence-electron chi connectivity index (χ2n) is 7.79. The van der Waals surface area contributed by atoms with Gasteiger partial charge in [0.2, 0.25) is 0 Å². The van der Waals surface area contributed by atoms with Crippen molar-refractivity contribution in [2.75, 3.05) is 6.54 Å². The molecule has 5 nitrogen and oxygen atoms in total. The molecule has 3 rings (SSSR count). The maximum Gasteiger partial charge on any atom is 0.417 e. The SMILES string of the molecule is O=C(O)CCNCc1ccc(CC=NOCc2ccc(-c3ccc(F)cc3)c(C(F)(F)F)c2)cc1. The van der Waals surface area contributed by atoms with Gasteiger partial charge in [0.25, 0.3) is 0 Å². The minimum Gasteiger partial charge on any atom is -0.481 e. The minimum atomic E-state index is -4.58. The van der Waals surface area contributed by atoms with Crippen LogP contribution in [0.2, 0.25) is 0 Å². The summed E-state index contributed by atoms with van der Waals surface area (Å²) in [6.07, 6.45) is -2.52. The number of benzene rings is 3. The van der Waals surface area contributed by atoms with Gasteiger partial charge in [-0.15, -0.1) is 0 Å². The highest BCUT2D eigenvalue weighted by Crippen LogP contribution is 2.37. The van der Waals surface area contributed by atoms with E-state index in [0.717, 1.165) is 29.3 Å². The summed E-state index contributed by atoms with van der Waals surface area (Å²) in [4.78, 5) is 15.7. The van der Waals surface area contributed by atoms with Crippen LogP contribution in [0.5, 0.6) is 0 Å². The maximum atomic E-state index is 13.6. The van der Waals surface area contributed by atoms with E-state index in [1.807, 2.05) is 24.3 Å². The maximum absolute atomic E-state index is 13.6. The van der Waals surface area contributed by atoms with Gasteiger partial charge in [-0.1, -0.05) is 53.7 Å². The van der Waals surface area contributed by atoms with Crippen LogP contribution in [0.15, 0.2) is 71.9 Å². The fourth-order valence-corrected chi connectivity index (χ4v) is 3.33. The Morgan fingerprint density at radius 2 is 1.63 bits per heavy atom. The number of halogens is 4. The lowest BCUT2D eigenvalue weighted by Crippen LogP contribution is -2.17. The third kappa shape index (κ3) is 8.22. The van der Waals surface area contributed by atoms with E-state index in [0.29, 0.717) is 25.1 Å². The molecular weight excluding hydrogens is 464 g/mol. The molecule has 0 heterocycles. The number of carboxylic acid groups (broad SMARTS) is 1. The number of nitrogens with one attached hydrogen (secondary N) is 1. The molecule has 3 aromatic rings. The third-order valence-electron chi connectivity index (χ3n) is 5.12. The summed E-state index contributed by atoms with van der Waals surface area (Å²) in [5.74, 6) is -1.37. The van der Waals surface area contributed by atoms with Gasteiger partial charge >= 0.3 is 12.1 Å². The van der Waals surface area contributed by atoms with Gasteiger partial charge in [-0.05, 0) is 46.0 Å². The molecule has 0 saturated heterocycles. The summed E-state index contributed by atoms with van der Waals surface area (Å²) in [5, 5.41) is 15.5. The molecule has 0 aliphatic carbocycles. The van der Waals surface area contributed by atoms with Gasteiger partial charge in [-0.2, -0.15) is 13.2 Å². The monoisotopic (exact) mass is 488 g/mol. The van der Waals surface area contributed by atoms with Gasteiger partial charge in [-0.25, -0.2) is 4.39 Å². The lowest BCUT2D eigenvalue weighted by Gasteiger charge is -2.14. The first-order chi connectivity index (χ1) is 16.7. The summed E-state index contributed by atoms with van der Waals surface area (Å²) in [7, 11) is 0. The van der Waals surface area contributed by atoms with Crippen molar-refractivity contribution in [3.8, 4) is 11.1 Å². The highest BCUT2D eigenvalue weighted by atomic mass is 19.4. The van der Waals surface area contributed by atoms with Crippen LogP contribution in [0.4, 0.5) is 17.6 Å². The molecular formula is C26H24F4N2O3. The Kier molecular flexibility index (Phi) is 8.97. The summed E-state index contributed by atoms with van der Waals surface area (Å²) in [6, 6.07) is 16.4. The van der Waals surface area contributed by atoms with Gasteiger partial charge in [-0.3, -0.25) is 4.79 Å². The third-order valence-corrected chi connectivity index (χ3v) is 5.12. The topological polar surface area (TPSA) is 70.9 Å². The summed E-state index contributed by atoms with van der Waals surface area (Å²) < 4.78 is 53.9. The number of oxime groups is 1. The first-order valence-corrected chi connectivity index (χ1v) is 10.8. The molecule has 0 amide bonds. The molecule has 0 aliphatic rings. The Morgan fingerprint density at radius 1 is 0.971 bits per heavy atom. The van der Waals surface area contributed by atoms with E-state index in [9.17, 15) is 22.4 Å². The molecule has 35 heavy (non-hydrogen) atoms. The van der Waals surface area contributed by atoms with Crippen LogP contribution in [0.25, 0.3) is 11.1 Å². The zero-order valence-electron chi connectivity index (χ0n) is 18.7. The first-order valence-electron chi connectivity index (χ1n) is 10.8. The average Bonchev–Trinajstić information content (AvgIpc) is 2.82. The van der Waals surface area contributed by atoms with Crippen LogP contribution in [-0.4, -0.2) is 23.8 Å². The molecule has 0 fully saturated rings. The van der Waals surface area contributed by atoms with E-state index >= 15 is 0 Å². The summed E-state index contributed by atoms with van der Waals surface area (Å²) >= 11 is 0. The number of carbonyl (C=O) groups is 1. The van der Waals surface area contributed by atoms with E-state index in [4.69, 9.17) is 9.94 Å². The Hall–Kier alpha value is -3.72. The molecule has 184 valence electrons. The van der Waals surface area contributed by atoms with Gasteiger partial charge < -0.3 is 15.3 Å². The van der Waals surface area contributed by atoms with Crippen molar-refractivity contribution >= 4 is 12.2 Å². The van der Waals surface area contributed by atoms with Crippen molar-refractivity contribution in [3.05, 3.63) is 94.8 Å². The molecule has 2 N–H and O–H groups in total. The van der Waals surface area contributed by atoms with Crippen molar-refractivity contribution in [2.24, 2.45) is 5.16 Å². The van der Waals surface area contributed by atoms with Gasteiger partial charge in [0, 0.05) is 25.7 Å². The lowest BCUT2D eigenvalue weighted by atomic mass is 9.97. The molecule has 0 aliphatic heterocycles. The highest BCUT2D eigenvalue weighted by Gasteiger charge is 2.34. The predicted molar refractivity (Wildman–Crippen MR) is 124 cm³/mol. The molecule has 0 unspecified atom stereocenters. The second-order valence-corrected chi connectivity index (χ2v) is 7.79. The number of nitrogens with zero attached hydrogens (tertiary/aromatic N) is 1. The van der Waals surface area contributed by atoms with Crippen molar-refractivity contribution in [2.45, 2.75) is 32.2 Å². The van der Waals surface area contributed by atoms with Crippen LogP contribution < -0.4 is 5.32 Å². The quantitative estimate of drug-likeness (QED) is 0.154. The number of hydrogen-bond acceptors (Lipinski definition) is 4. The Morgan fingerprint density at radius 3 is 2.29 bits per heavy atom. The fourth-order valence-electron chi connectivity index (χ4n) is 3.33. The van der Waals surface area contributed by atoms with E-state index in [1.54, 1.807) is 0 Å². The molecule has 9 heteroatoms. The summed E-state index contributed by atoms with van der Waals surface area (Å²) in [6.45, 7) is 0.815. The molecule has 3 aromatic carbocycles. The van der Waals surface area contributed by atoms with Crippen molar-refractivity contribution in [1.29, 1.82) is 0 Å². The van der Waals surface area contributed by atoms with Gasteiger partial charge in [0.1, 0.15) is 12.4 Å². The number of hydrogen-bond donors (Lipinski definition) is 2. The Balaban J connectivity index is 1.53. The van der Waals surface area contributed by atoms with Crippen LogP contribution >= 0.6 is 0 Å². The standard InChI is InChI=1S/C26H24F4N2O3/c27-22-8-6-21(7-9-22)23-10-5-20(15-24(23)26(28,29)30)17-35-32-14-11-18-1-3-19(4-2-18)16-31-13-12-25(33)34/h1-10,14-15,31H,11-13,16-17H2,(H,33,34). The first kappa shape index (κ1) is 25.9. The molecule has 0 bridgehead atoms. The molecule has 0 aromatic heterocycles. The van der Waals surface area contributed by atoms with E-state index in [1.165, 1.54) is 30.5 Å². The lowest BCUT2D eigenvalue weighted by molar-refractivity contribution is -0.138. The number of aliphatic carboxylic acids is 1. The largest absolute Gasteiger partial charge is 0.481 e.